The summed E-state index contributed by atoms with van der Waals surface area (Å²) in [5.74, 6) is -2.99. The quantitative estimate of drug-likeness (QED) is 0.613. The molecular formula is C19H16BrF3N2O3. The minimum atomic E-state index is -5.27. The van der Waals surface area contributed by atoms with Gasteiger partial charge in [0.05, 0.1) is 6.04 Å². The third kappa shape index (κ3) is 3.64. The van der Waals surface area contributed by atoms with E-state index in [-0.39, 0.29) is 11.1 Å². The second kappa shape index (κ2) is 7.21. The normalized spacial score (nSPS) is 25.0. The standard InChI is InChI=1S/C19H16BrF3N2O3/c1-10-2-4-11(5-3-10)15-14(16(26)12-6-8-13(20)9-7-12)18(28,19(21,22)23)25-17(27)24-15/h2-9,14-15,28H,1H3,(H2,24,25,27)/t14-,15-,18-/m0/s1. The van der Waals surface area contributed by atoms with Gasteiger partial charge in [0.2, 0.25) is 5.72 Å². The Kier molecular flexibility index (Phi) is 5.24. The van der Waals surface area contributed by atoms with Crippen LogP contribution < -0.4 is 10.6 Å². The molecule has 0 aliphatic carbocycles. The average molecular weight is 457 g/mol. The van der Waals surface area contributed by atoms with Crippen LogP contribution >= 0.6 is 15.9 Å². The van der Waals surface area contributed by atoms with Crippen LogP contribution in [0.1, 0.15) is 27.5 Å². The Morgan fingerprint density at radius 2 is 1.68 bits per heavy atom. The van der Waals surface area contributed by atoms with Gasteiger partial charge in [0, 0.05) is 10.0 Å². The van der Waals surface area contributed by atoms with Crippen LogP contribution in [0.15, 0.2) is 53.0 Å². The Hall–Kier alpha value is -2.39. The Morgan fingerprint density at radius 3 is 2.21 bits per heavy atom. The molecule has 1 aliphatic heterocycles. The molecule has 0 aromatic heterocycles. The monoisotopic (exact) mass is 456 g/mol. The number of nitrogens with one attached hydrogen (secondary N) is 2. The topological polar surface area (TPSA) is 78.4 Å². The molecule has 1 heterocycles. The molecule has 0 bridgehead atoms. The summed E-state index contributed by atoms with van der Waals surface area (Å²) in [6.07, 6.45) is -5.27. The summed E-state index contributed by atoms with van der Waals surface area (Å²) < 4.78 is 42.0. The molecule has 2 aromatic rings. The van der Waals surface area contributed by atoms with Crippen LogP contribution in [0.5, 0.6) is 0 Å². The number of hydrogen-bond donors (Lipinski definition) is 3. The highest BCUT2D eigenvalue weighted by Crippen LogP contribution is 2.44. The summed E-state index contributed by atoms with van der Waals surface area (Å²) in [6, 6.07) is 9.47. The minimum absolute atomic E-state index is 0.0223. The predicted octanol–water partition coefficient (Wildman–Crippen LogP) is 3.86. The van der Waals surface area contributed by atoms with Crippen LogP contribution in [0, 0.1) is 12.8 Å². The van der Waals surface area contributed by atoms with Crippen molar-refractivity contribution >= 4 is 27.7 Å². The SMILES string of the molecule is Cc1ccc([C@@H]2NC(=O)N[C@@](O)(C(F)(F)F)[C@@H]2C(=O)c2ccc(Br)cc2)cc1. The number of hydrogen-bond acceptors (Lipinski definition) is 3. The van der Waals surface area contributed by atoms with Gasteiger partial charge in [0.25, 0.3) is 0 Å². The van der Waals surface area contributed by atoms with E-state index >= 15 is 0 Å². The Balaban J connectivity index is 2.15. The maximum atomic E-state index is 13.8. The van der Waals surface area contributed by atoms with E-state index in [2.05, 4.69) is 21.2 Å². The van der Waals surface area contributed by atoms with Crippen molar-refractivity contribution in [3.8, 4) is 0 Å². The lowest BCUT2D eigenvalue weighted by Gasteiger charge is -2.45. The summed E-state index contributed by atoms with van der Waals surface area (Å²) in [7, 11) is 0. The second-order valence-corrected chi connectivity index (χ2v) is 7.52. The Morgan fingerprint density at radius 1 is 1.11 bits per heavy atom. The van der Waals surface area contributed by atoms with Gasteiger partial charge in [-0.3, -0.25) is 4.79 Å². The largest absolute Gasteiger partial charge is 0.437 e. The molecule has 0 unspecified atom stereocenters. The number of carbonyl (C=O) groups excluding carboxylic acids is 2. The zero-order valence-corrected chi connectivity index (χ0v) is 16.1. The maximum absolute atomic E-state index is 13.8. The molecule has 3 N–H and O–H groups in total. The average Bonchev–Trinajstić information content (AvgIpc) is 2.61. The zero-order valence-electron chi connectivity index (χ0n) is 14.5. The van der Waals surface area contributed by atoms with Crippen LogP contribution in [0.25, 0.3) is 0 Å². The fourth-order valence-electron chi connectivity index (χ4n) is 3.18. The van der Waals surface area contributed by atoms with Gasteiger partial charge in [-0.2, -0.15) is 13.2 Å². The number of aliphatic hydroxyl groups is 1. The van der Waals surface area contributed by atoms with Crippen molar-refractivity contribution in [1.82, 2.24) is 10.6 Å². The fourth-order valence-corrected chi connectivity index (χ4v) is 3.45. The van der Waals surface area contributed by atoms with E-state index in [1.54, 1.807) is 19.1 Å². The summed E-state index contributed by atoms with van der Waals surface area (Å²) in [5, 5.41) is 14.3. The first-order chi connectivity index (χ1) is 13.0. The number of rotatable bonds is 3. The van der Waals surface area contributed by atoms with Crippen molar-refractivity contribution in [1.29, 1.82) is 0 Å². The molecule has 9 heteroatoms. The lowest BCUT2D eigenvalue weighted by Crippen LogP contribution is -2.72. The van der Waals surface area contributed by atoms with Crippen LogP contribution in [-0.4, -0.2) is 28.8 Å². The van der Waals surface area contributed by atoms with Gasteiger partial charge in [-0.1, -0.05) is 57.9 Å². The molecule has 1 fully saturated rings. The molecule has 0 spiro atoms. The number of aryl methyl sites for hydroxylation is 1. The summed E-state index contributed by atoms with van der Waals surface area (Å²) >= 11 is 3.20. The van der Waals surface area contributed by atoms with E-state index in [4.69, 9.17) is 0 Å². The van der Waals surface area contributed by atoms with Crippen LogP contribution in [0.4, 0.5) is 18.0 Å². The molecule has 28 heavy (non-hydrogen) atoms. The molecule has 1 aliphatic rings. The predicted molar refractivity (Wildman–Crippen MR) is 98.6 cm³/mol. The number of carbonyl (C=O) groups is 2. The molecule has 148 valence electrons. The van der Waals surface area contributed by atoms with Crippen molar-refractivity contribution in [3.63, 3.8) is 0 Å². The van der Waals surface area contributed by atoms with Gasteiger partial charge in [-0.15, -0.1) is 0 Å². The smallest absolute Gasteiger partial charge is 0.363 e. The lowest BCUT2D eigenvalue weighted by atomic mass is 9.77. The molecule has 3 rings (SSSR count). The van der Waals surface area contributed by atoms with Crippen molar-refractivity contribution in [2.75, 3.05) is 0 Å². The number of amides is 2. The van der Waals surface area contributed by atoms with Gasteiger partial charge in [0.15, 0.2) is 5.78 Å². The molecule has 2 amide bonds. The van der Waals surface area contributed by atoms with E-state index in [1.807, 2.05) is 0 Å². The fraction of sp³-hybridized carbons (Fsp3) is 0.263. The van der Waals surface area contributed by atoms with Crippen LogP contribution in [0.3, 0.4) is 0 Å². The minimum Gasteiger partial charge on any atom is -0.363 e. The molecule has 1 saturated heterocycles. The lowest BCUT2D eigenvalue weighted by molar-refractivity contribution is -0.287. The van der Waals surface area contributed by atoms with Crippen molar-refractivity contribution in [3.05, 3.63) is 69.7 Å². The molecule has 0 saturated carbocycles. The van der Waals surface area contributed by atoms with Gasteiger partial charge in [0.1, 0.15) is 5.92 Å². The molecule has 3 atom stereocenters. The first kappa shape index (κ1) is 20.3. The number of alkyl halides is 3. The summed E-state index contributed by atoms with van der Waals surface area (Å²) in [4.78, 5) is 25.0. The van der Waals surface area contributed by atoms with Crippen molar-refractivity contribution in [2.45, 2.75) is 24.9 Å². The van der Waals surface area contributed by atoms with Gasteiger partial charge >= 0.3 is 12.2 Å². The van der Waals surface area contributed by atoms with Crippen molar-refractivity contribution < 1.29 is 27.9 Å². The van der Waals surface area contributed by atoms with Crippen LogP contribution in [0.2, 0.25) is 0 Å². The molecular weight excluding hydrogens is 441 g/mol. The first-order valence-corrected chi connectivity index (χ1v) is 9.06. The number of urea groups is 1. The highest BCUT2D eigenvalue weighted by Gasteiger charge is 2.66. The first-order valence-electron chi connectivity index (χ1n) is 8.27. The molecule has 5 nitrogen and oxygen atoms in total. The van der Waals surface area contributed by atoms with E-state index in [0.717, 1.165) is 5.56 Å². The summed E-state index contributed by atoms with van der Waals surface area (Å²) in [5.41, 5.74) is -2.62. The molecule has 0 radical (unpaired) electrons. The van der Waals surface area contributed by atoms with Crippen molar-refractivity contribution in [2.24, 2.45) is 5.92 Å². The second-order valence-electron chi connectivity index (χ2n) is 6.60. The number of Topliss-reactive ketones (excluding diaryl/α,β-unsaturated/α-hetero) is 1. The highest BCUT2D eigenvalue weighted by atomic mass is 79.9. The van der Waals surface area contributed by atoms with Gasteiger partial charge in [-0.25, -0.2) is 4.79 Å². The zero-order chi connectivity index (χ0) is 20.7. The third-order valence-corrected chi connectivity index (χ3v) is 5.18. The number of benzene rings is 2. The van der Waals surface area contributed by atoms with E-state index in [1.165, 1.54) is 41.7 Å². The molecule has 2 aromatic carbocycles. The maximum Gasteiger partial charge on any atom is 0.437 e. The Labute approximate surface area is 167 Å². The van der Waals surface area contributed by atoms with E-state index in [0.29, 0.717) is 4.47 Å². The van der Waals surface area contributed by atoms with Gasteiger partial charge < -0.3 is 15.7 Å². The highest BCUT2D eigenvalue weighted by molar-refractivity contribution is 9.10. The van der Waals surface area contributed by atoms with Gasteiger partial charge in [-0.05, 0) is 24.6 Å². The summed E-state index contributed by atoms with van der Waals surface area (Å²) in [6.45, 7) is 1.79. The number of ketones is 1. The number of halogens is 4. The van der Waals surface area contributed by atoms with E-state index in [9.17, 15) is 27.9 Å². The van der Waals surface area contributed by atoms with E-state index < -0.39 is 35.7 Å². The third-order valence-electron chi connectivity index (χ3n) is 4.65. The van der Waals surface area contributed by atoms with Crippen LogP contribution in [-0.2, 0) is 0 Å². The Bertz CT molecular complexity index is 900.